The van der Waals surface area contributed by atoms with E-state index < -0.39 is 0 Å². The maximum absolute atomic E-state index is 5.40. The fourth-order valence-corrected chi connectivity index (χ4v) is 1.60. The number of hydrogen-bond acceptors (Lipinski definition) is 5. The zero-order chi connectivity index (χ0) is 11.8. The molecule has 0 saturated carbocycles. The molecule has 2 aliphatic rings. The molecular weight excluding hydrogens is 224 g/mol. The molecule has 0 aromatic carbocycles. The van der Waals surface area contributed by atoms with Crippen molar-refractivity contribution in [3.05, 3.63) is 0 Å². The summed E-state index contributed by atoms with van der Waals surface area (Å²) in [6.07, 6.45) is 2.89. The highest BCUT2D eigenvalue weighted by atomic mass is 16.6. The van der Waals surface area contributed by atoms with Gasteiger partial charge in [0.25, 0.3) is 0 Å². The largest absolute Gasteiger partial charge is 0.377 e. The van der Waals surface area contributed by atoms with Gasteiger partial charge in [0.05, 0.1) is 51.8 Å². The minimum absolute atomic E-state index is 0.320. The van der Waals surface area contributed by atoms with Crippen LogP contribution in [0.1, 0.15) is 12.8 Å². The van der Waals surface area contributed by atoms with E-state index in [1.807, 2.05) is 0 Å². The zero-order valence-corrected chi connectivity index (χ0v) is 10.3. The second-order valence-electron chi connectivity index (χ2n) is 4.33. The van der Waals surface area contributed by atoms with Gasteiger partial charge in [0.1, 0.15) is 0 Å². The SMILES string of the molecule is C(COCC1CCO1)OCCOCC1CCO1. The van der Waals surface area contributed by atoms with Gasteiger partial charge in [0.2, 0.25) is 0 Å². The third-order valence-corrected chi connectivity index (χ3v) is 2.94. The topological polar surface area (TPSA) is 46.2 Å². The van der Waals surface area contributed by atoms with Crippen molar-refractivity contribution in [3.63, 3.8) is 0 Å². The highest BCUT2D eigenvalue weighted by Gasteiger charge is 2.18. The van der Waals surface area contributed by atoms with Gasteiger partial charge in [-0.05, 0) is 12.8 Å². The molecule has 0 spiro atoms. The van der Waals surface area contributed by atoms with Crippen molar-refractivity contribution in [1.29, 1.82) is 0 Å². The monoisotopic (exact) mass is 246 g/mol. The fraction of sp³-hybridized carbons (Fsp3) is 1.00. The number of hydrogen-bond donors (Lipinski definition) is 0. The molecule has 0 radical (unpaired) electrons. The lowest BCUT2D eigenvalue weighted by Gasteiger charge is -2.26. The van der Waals surface area contributed by atoms with Gasteiger partial charge in [0.15, 0.2) is 0 Å². The molecule has 0 N–H and O–H groups in total. The van der Waals surface area contributed by atoms with E-state index >= 15 is 0 Å². The summed E-state index contributed by atoms with van der Waals surface area (Å²) in [6.45, 7) is 5.65. The summed E-state index contributed by atoms with van der Waals surface area (Å²) >= 11 is 0. The van der Waals surface area contributed by atoms with Gasteiger partial charge in [-0.1, -0.05) is 0 Å². The van der Waals surface area contributed by atoms with Gasteiger partial charge in [0, 0.05) is 13.2 Å². The van der Waals surface area contributed by atoms with Crippen LogP contribution < -0.4 is 0 Å². The molecule has 0 aromatic rings. The van der Waals surface area contributed by atoms with E-state index in [1.165, 1.54) is 0 Å². The van der Waals surface area contributed by atoms with Crippen LogP contribution in [0, 0.1) is 0 Å². The third-order valence-electron chi connectivity index (χ3n) is 2.94. The summed E-state index contributed by atoms with van der Waals surface area (Å²) in [4.78, 5) is 0. The molecule has 2 rings (SSSR count). The molecule has 100 valence electrons. The molecule has 17 heavy (non-hydrogen) atoms. The average molecular weight is 246 g/mol. The Labute approximate surface area is 102 Å². The molecule has 0 aliphatic carbocycles. The highest BCUT2D eigenvalue weighted by molar-refractivity contribution is 4.65. The van der Waals surface area contributed by atoms with Gasteiger partial charge in [-0.2, -0.15) is 0 Å². The van der Waals surface area contributed by atoms with Crippen LogP contribution >= 0.6 is 0 Å². The molecule has 5 heteroatoms. The summed E-state index contributed by atoms with van der Waals surface area (Å²) in [7, 11) is 0. The molecule has 2 unspecified atom stereocenters. The van der Waals surface area contributed by atoms with Crippen molar-refractivity contribution in [2.45, 2.75) is 25.0 Å². The molecule has 0 aromatic heterocycles. The minimum atomic E-state index is 0.320. The highest BCUT2D eigenvalue weighted by Crippen LogP contribution is 2.11. The number of ether oxygens (including phenoxy) is 5. The second kappa shape index (κ2) is 8.00. The number of rotatable bonds is 10. The Kier molecular flexibility index (Phi) is 6.23. The lowest BCUT2D eigenvalue weighted by Crippen LogP contribution is -2.32. The smallest absolute Gasteiger partial charge is 0.0830 e. The van der Waals surface area contributed by atoms with Crippen molar-refractivity contribution < 1.29 is 23.7 Å². The Morgan fingerprint density at radius 2 is 1.12 bits per heavy atom. The summed E-state index contributed by atoms with van der Waals surface area (Å²) in [5, 5.41) is 0. The lowest BCUT2D eigenvalue weighted by atomic mass is 10.2. The van der Waals surface area contributed by atoms with Gasteiger partial charge >= 0.3 is 0 Å². The van der Waals surface area contributed by atoms with E-state index in [4.69, 9.17) is 23.7 Å². The molecule has 2 atom stereocenters. The summed E-state index contributed by atoms with van der Waals surface area (Å²) in [5.74, 6) is 0. The molecule has 0 bridgehead atoms. The van der Waals surface area contributed by atoms with E-state index in [0.29, 0.717) is 51.8 Å². The van der Waals surface area contributed by atoms with Crippen molar-refractivity contribution in [3.8, 4) is 0 Å². The molecule has 2 aliphatic heterocycles. The first-order chi connectivity index (χ1) is 8.45. The van der Waals surface area contributed by atoms with Gasteiger partial charge in [-0.25, -0.2) is 0 Å². The summed E-state index contributed by atoms with van der Waals surface area (Å²) < 4.78 is 26.6. The van der Waals surface area contributed by atoms with E-state index in [2.05, 4.69) is 0 Å². The van der Waals surface area contributed by atoms with Crippen molar-refractivity contribution >= 4 is 0 Å². The molecule has 2 heterocycles. The Morgan fingerprint density at radius 3 is 1.47 bits per heavy atom. The van der Waals surface area contributed by atoms with E-state index in [-0.39, 0.29) is 0 Å². The summed E-state index contributed by atoms with van der Waals surface area (Å²) in [5.41, 5.74) is 0. The summed E-state index contributed by atoms with van der Waals surface area (Å²) in [6, 6.07) is 0. The van der Waals surface area contributed by atoms with Crippen LogP contribution in [0.4, 0.5) is 0 Å². The minimum Gasteiger partial charge on any atom is -0.377 e. The van der Waals surface area contributed by atoms with Crippen LogP contribution in [0.5, 0.6) is 0 Å². The first-order valence-electron chi connectivity index (χ1n) is 6.41. The van der Waals surface area contributed by atoms with Crippen LogP contribution in [0.15, 0.2) is 0 Å². The molecule has 5 nitrogen and oxygen atoms in total. The van der Waals surface area contributed by atoms with Gasteiger partial charge < -0.3 is 23.7 Å². The lowest BCUT2D eigenvalue weighted by molar-refractivity contribution is -0.106. The Morgan fingerprint density at radius 1 is 0.706 bits per heavy atom. The quantitative estimate of drug-likeness (QED) is 0.529. The van der Waals surface area contributed by atoms with Crippen molar-refractivity contribution in [2.75, 3.05) is 52.9 Å². The van der Waals surface area contributed by atoms with E-state index in [1.54, 1.807) is 0 Å². The van der Waals surface area contributed by atoms with E-state index in [9.17, 15) is 0 Å². The maximum atomic E-state index is 5.40. The fourth-order valence-electron chi connectivity index (χ4n) is 1.60. The predicted molar refractivity (Wildman–Crippen MR) is 61.2 cm³/mol. The molecular formula is C12H22O5. The maximum Gasteiger partial charge on any atom is 0.0830 e. The first-order valence-corrected chi connectivity index (χ1v) is 6.41. The van der Waals surface area contributed by atoms with Crippen molar-refractivity contribution in [1.82, 2.24) is 0 Å². The van der Waals surface area contributed by atoms with E-state index in [0.717, 1.165) is 26.1 Å². The van der Waals surface area contributed by atoms with Crippen LogP contribution in [-0.2, 0) is 23.7 Å². The normalized spacial score (nSPS) is 27.5. The van der Waals surface area contributed by atoms with Gasteiger partial charge in [-0.15, -0.1) is 0 Å². The molecule has 2 fully saturated rings. The van der Waals surface area contributed by atoms with Gasteiger partial charge in [-0.3, -0.25) is 0 Å². The predicted octanol–water partition coefficient (Wildman–Crippen LogP) is 0.614. The second-order valence-corrected chi connectivity index (χ2v) is 4.33. The molecule has 2 saturated heterocycles. The van der Waals surface area contributed by atoms with Crippen LogP contribution in [0.2, 0.25) is 0 Å². The average Bonchev–Trinajstić information content (AvgIpc) is 2.21. The standard InChI is InChI=1S/C12H22O5/c1-3-16-11(1)9-14-7-5-13-6-8-15-10-12-2-4-17-12/h11-12H,1-10H2. The Balaban J connectivity index is 1.25. The molecule has 0 amide bonds. The zero-order valence-electron chi connectivity index (χ0n) is 10.3. The third kappa shape index (κ3) is 5.31. The van der Waals surface area contributed by atoms with Crippen LogP contribution in [-0.4, -0.2) is 65.1 Å². The van der Waals surface area contributed by atoms with Crippen molar-refractivity contribution in [2.24, 2.45) is 0 Å². The Bertz CT molecular complexity index is 171. The first kappa shape index (κ1) is 13.2. The van der Waals surface area contributed by atoms with Crippen LogP contribution in [0.3, 0.4) is 0 Å². The Hall–Kier alpha value is -0.200. The van der Waals surface area contributed by atoms with Crippen LogP contribution in [0.25, 0.3) is 0 Å².